The maximum absolute atomic E-state index is 12.8. The van der Waals surface area contributed by atoms with Gasteiger partial charge in [0.15, 0.2) is 17.2 Å². The quantitative estimate of drug-likeness (QED) is 0.512. The summed E-state index contributed by atoms with van der Waals surface area (Å²) in [5.74, 6) is -0.937. The molecule has 0 saturated heterocycles. The van der Waals surface area contributed by atoms with E-state index in [0.29, 0.717) is 6.42 Å². The zero-order valence-corrected chi connectivity index (χ0v) is 17.6. The normalized spacial score (nSPS) is 47.3. The van der Waals surface area contributed by atoms with Crippen LogP contribution in [0.2, 0.25) is 0 Å². The number of ketones is 2. The predicted molar refractivity (Wildman–Crippen MR) is 107 cm³/mol. The topological polar surface area (TPSA) is 124 Å². The van der Waals surface area contributed by atoms with Crippen molar-refractivity contribution in [2.24, 2.45) is 28.6 Å². The van der Waals surface area contributed by atoms with Gasteiger partial charge in [-0.25, -0.2) is 0 Å². The maximum atomic E-state index is 12.8. The Kier molecular flexibility index (Phi) is 5.35. The Hall–Kier alpha value is -1.38. The molecule has 0 aromatic rings. The number of hydrogen-bond donors (Lipinski definition) is 4. The molecule has 0 spiro atoms. The molecular formula is C23H32O7. The molecule has 0 bridgehead atoms. The van der Waals surface area contributed by atoms with Gasteiger partial charge < -0.3 is 25.2 Å². The van der Waals surface area contributed by atoms with Gasteiger partial charge in [0, 0.05) is 16.7 Å². The van der Waals surface area contributed by atoms with Crippen LogP contribution in [0, 0.1) is 28.6 Å². The van der Waals surface area contributed by atoms with Gasteiger partial charge in [-0.2, -0.15) is 0 Å². The average Bonchev–Trinajstić information content (AvgIpc) is 2.93. The summed E-state index contributed by atoms with van der Waals surface area (Å²) in [6, 6.07) is 0. The lowest BCUT2D eigenvalue weighted by atomic mass is 9.46. The second-order valence-corrected chi connectivity index (χ2v) is 9.88. The van der Waals surface area contributed by atoms with Crippen LogP contribution in [0.15, 0.2) is 23.8 Å². The number of hydrogen-bond acceptors (Lipinski definition) is 7. The molecule has 0 aliphatic heterocycles. The van der Waals surface area contributed by atoms with Crippen molar-refractivity contribution in [3.05, 3.63) is 23.8 Å². The number of ether oxygens (including phenoxy) is 1. The lowest BCUT2D eigenvalue weighted by Gasteiger charge is -2.59. The summed E-state index contributed by atoms with van der Waals surface area (Å²) < 4.78 is 5.73. The van der Waals surface area contributed by atoms with Gasteiger partial charge in [0.05, 0.1) is 25.4 Å². The van der Waals surface area contributed by atoms with Crippen molar-refractivity contribution in [1.29, 1.82) is 0 Å². The van der Waals surface area contributed by atoms with Gasteiger partial charge in [-0.1, -0.05) is 25.5 Å². The molecule has 7 heteroatoms. The molecule has 7 nitrogen and oxygen atoms in total. The minimum atomic E-state index is -1.93. The third kappa shape index (κ3) is 2.76. The first-order valence-electron chi connectivity index (χ1n) is 10.8. The molecular weight excluding hydrogens is 388 g/mol. The lowest BCUT2D eigenvalue weighted by Crippen LogP contribution is -2.64. The standard InChI is InChI=1S/C23H32O7/c1-21-6-5-14(26)9-13(21)3-4-15-16-10-19(30-8-7-24)23(29,18(28)12-25)22(16,2)11-17(27)20(15)21/h5-6,9,15-17,19-20,24-25,27,29H,3-4,7-8,10-12H2,1-2H3/t15-,16-,17?,19?,20+,21-,22-,23+/m0/s1. The molecule has 4 N–H and O–H groups in total. The smallest absolute Gasteiger partial charge is 0.192 e. The molecule has 8 atom stereocenters. The van der Waals surface area contributed by atoms with Gasteiger partial charge in [0.25, 0.3) is 0 Å². The highest BCUT2D eigenvalue weighted by Gasteiger charge is 2.71. The third-order valence-corrected chi connectivity index (χ3v) is 8.67. The van der Waals surface area contributed by atoms with E-state index in [9.17, 15) is 30.0 Å². The van der Waals surface area contributed by atoms with E-state index in [1.807, 2.05) is 13.0 Å². The number of aliphatic hydroxyl groups excluding tert-OH is 3. The van der Waals surface area contributed by atoms with Crippen molar-refractivity contribution in [1.82, 2.24) is 0 Å². The van der Waals surface area contributed by atoms with Crippen molar-refractivity contribution in [3.63, 3.8) is 0 Å². The summed E-state index contributed by atoms with van der Waals surface area (Å²) in [5, 5.41) is 41.8. The summed E-state index contributed by atoms with van der Waals surface area (Å²) in [5.41, 5.74) is -2.30. The van der Waals surface area contributed by atoms with Crippen molar-refractivity contribution < 1.29 is 34.8 Å². The monoisotopic (exact) mass is 420 g/mol. The van der Waals surface area contributed by atoms with Crippen LogP contribution in [0.4, 0.5) is 0 Å². The molecule has 3 fully saturated rings. The number of fused-ring (bicyclic) bond motifs is 5. The van der Waals surface area contributed by atoms with Gasteiger partial charge in [0.1, 0.15) is 6.61 Å². The average molecular weight is 421 g/mol. The van der Waals surface area contributed by atoms with Crippen molar-refractivity contribution in [3.8, 4) is 0 Å². The van der Waals surface area contributed by atoms with E-state index >= 15 is 0 Å². The summed E-state index contributed by atoms with van der Waals surface area (Å²) in [7, 11) is 0. The number of rotatable bonds is 5. The van der Waals surface area contributed by atoms with E-state index in [-0.39, 0.29) is 43.2 Å². The number of Topliss-reactive ketones (excluding diaryl/α,β-unsaturated/α-hetero) is 1. The summed E-state index contributed by atoms with van der Waals surface area (Å²) in [6.07, 6.45) is 5.63. The fourth-order valence-corrected chi connectivity index (χ4v) is 7.32. The van der Waals surface area contributed by atoms with E-state index in [0.717, 1.165) is 18.4 Å². The predicted octanol–water partition coefficient (Wildman–Crippen LogP) is 0.545. The van der Waals surface area contributed by atoms with Gasteiger partial charge in [0.2, 0.25) is 0 Å². The minimum Gasteiger partial charge on any atom is -0.394 e. The van der Waals surface area contributed by atoms with Gasteiger partial charge >= 0.3 is 0 Å². The molecule has 2 unspecified atom stereocenters. The van der Waals surface area contributed by atoms with Gasteiger partial charge in [-0.3, -0.25) is 9.59 Å². The maximum Gasteiger partial charge on any atom is 0.192 e. The van der Waals surface area contributed by atoms with Crippen LogP contribution in [0.1, 0.15) is 39.5 Å². The first-order chi connectivity index (χ1) is 14.1. The van der Waals surface area contributed by atoms with Crippen LogP contribution < -0.4 is 0 Å². The lowest BCUT2D eigenvalue weighted by molar-refractivity contribution is -0.195. The van der Waals surface area contributed by atoms with Crippen LogP contribution in [0.5, 0.6) is 0 Å². The number of allylic oxidation sites excluding steroid dienone is 4. The summed E-state index contributed by atoms with van der Waals surface area (Å²) >= 11 is 0. The molecule has 4 aliphatic carbocycles. The molecule has 166 valence electrons. The van der Waals surface area contributed by atoms with E-state index < -0.39 is 41.0 Å². The van der Waals surface area contributed by atoms with Crippen molar-refractivity contribution in [2.45, 2.75) is 57.3 Å². The second kappa shape index (κ2) is 7.35. The minimum absolute atomic E-state index is 0.0133. The molecule has 0 radical (unpaired) electrons. The number of carbonyl (C=O) groups is 2. The first-order valence-corrected chi connectivity index (χ1v) is 10.8. The molecule has 30 heavy (non-hydrogen) atoms. The Bertz CT molecular complexity index is 803. The molecule has 4 rings (SSSR count). The summed E-state index contributed by atoms with van der Waals surface area (Å²) in [6.45, 7) is 2.82. The fraction of sp³-hybridized carbons (Fsp3) is 0.739. The highest BCUT2D eigenvalue weighted by molar-refractivity contribution is 6.01. The second-order valence-electron chi connectivity index (χ2n) is 9.88. The Morgan fingerprint density at radius 3 is 2.70 bits per heavy atom. The molecule has 0 aromatic heterocycles. The van der Waals surface area contributed by atoms with Crippen LogP contribution >= 0.6 is 0 Å². The highest BCUT2D eigenvalue weighted by atomic mass is 16.5. The third-order valence-electron chi connectivity index (χ3n) is 8.67. The first kappa shape index (κ1) is 21.8. The Morgan fingerprint density at radius 1 is 1.30 bits per heavy atom. The molecule has 3 saturated carbocycles. The fourth-order valence-electron chi connectivity index (χ4n) is 7.32. The van der Waals surface area contributed by atoms with Crippen LogP contribution in [0.25, 0.3) is 0 Å². The van der Waals surface area contributed by atoms with Crippen LogP contribution in [0.3, 0.4) is 0 Å². The van der Waals surface area contributed by atoms with Crippen molar-refractivity contribution >= 4 is 11.6 Å². The zero-order valence-electron chi connectivity index (χ0n) is 17.6. The zero-order chi connectivity index (χ0) is 21.9. The Labute approximate surface area is 176 Å². The molecule has 0 heterocycles. The van der Waals surface area contributed by atoms with Crippen LogP contribution in [-0.2, 0) is 14.3 Å². The van der Waals surface area contributed by atoms with E-state index in [2.05, 4.69) is 6.92 Å². The largest absolute Gasteiger partial charge is 0.394 e. The van der Waals surface area contributed by atoms with E-state index in [1.165, 1.54) is 0 Å². The highest BCUT2D eigenvalue weighted by Crippen LogP contribution is 2.67. The van der Waals surface area contributed by atoms with E-state index in [1.54, 1.807) is 12.2 Å². The van der Waals surface area contributed by atoms with Gasteiger partial charge in [-0.15, -0.1) is 0 Å². The molecule has 0 aromatic carbocycles. The Balaban J connectivity index is 1.76. The van der Waals surface area contributed by atoms with Crippen LogP contribution in [-0.4, -0.2) is 69.6 Å². The SMILES string of the molecule is C[C@]12C=CC(=O)C=C1CC[C@@H]1[C@@H]2C(O)C[C@@]2(C)[C@H]1CC(OCCO)[C@]2(O)C(=O)CO. The van der Waals surface area contributed by atoms with Crippen molar-refractivity contribution in [2.75, 3.05) is 19.8 Å². The number of aliphatic hydroxyl groups is 4. The van der Waals surface area contributed by atoms with E-state index in [4.69, 9.17) is 4.74 Å². The Morgan fingerprint density at radius 2 is 2.03 bits per heavy atom. The summed E-state index contributed by atoms with van der Waals surface area (Å²) in [4.78, 5) is 24.7. The molecule has 0 amide bonds. The number of carbonyl (C=O) groups excluding carboxylic acids is 2. The molecule has 4 aliphatic rings. The van der Waals surface area contributed by atoms with Gasteiger partial charge in [-0.05, 0) is 49.7 Å².